The van der Waals surface area contributed by atoms with E-state index < -0.39 is 5.76 Å². The molecule has 176 valence electrons. The number of nitrogens with one attached hydrogen (secondary N) is 2. The van der Waals surface area contributed by atoms with Gasteiger partial charge in [0.05, 0.1) is 17.3 Å². The summed E-state index contributed by atoms with van der Waals surface area (Å²) in [6.45, 7) is 1.25. The van der Waals surface area contributed by atoms with Gasteiger partial charge in [-0.05, 0) is 49.6 Å². The van der Waals surface area contributed by atoms with Crippen LogP contribution in [0.5, 0.6) is 5.75 Å². The zero-order chi connectivity index (χ0) is 23.7. The molecule has 1 aliphatic heterocycles. The SMILES string of the molecule is Cn1c(C(=O)Nc2ccc(Br)cc2-c2noc(=O)[nH]2)cc2cccc(OCC3CCCCO3)c21. The molecule has 2 aromatic carbocycles. The summed E-state index contributed by atoms with van der Waals surface area (Å²) < 4.78 is 19.1. The molecular formula is C24H23BrN4O5. The summed E-state index contributed by atoms with van der Waals surface area (Å²) >= 11 is 3.41. The molecule has 9 nitrogen and oxygen atoms in total. The van der Waals surface area contributed by atoms with Crippen molar-refractivity contribution in [2.75, 3.05) is 18.5 Å². The summed E-state index contributed by atoms with van der Waals surface area (Å²) in [5, 5.41) is 7.56. The van der Waals surface area contributed by atoms with Crippen molar-refractivity contribution >= 4 is 38.4 Å². The molecule has 1 unspecified atom stereocenters. The fourth-order valence-corrected chi connectivity index (χ4v) is 4.55. The lowest BCUT2D eigenvalue weighted by atomic mass is 10.1. The normalized spacial score (nSPS) is 16.0. The van der Waals surface area contributed by atoms with Crippen molar-refractivity contribution in [1.29, 1.82) is 0 Å². The third-order valence-corrected chi connectivity index (χ3v) is 6.37. The molecule has 4 aromatic rings. The second-order valence-electron chi connectivity index (χ2n) is 8.17. The van der Waals surface area contributed by atoms with Gasteiger partial charge in [-0.25, -0.2) is 4.79 Å². The van der Waals surface area contributed by atoms with Crippen molar-refractivity contribution in [3.05, 3.63) is 63.2 Å². The van der Waals surface area contributed by atoms with Crippen LogP contribution in [0.2, 0.25) is 0 Å². The maximum atomic E-state index is 13.3. The van der Waals surface area contributed by atoms with Crippen LogP contribution in [-0.4, -0.2) is 39.9 Å². The number of para-hydroxylation sites is 1. The number of ether oxygens (including phenoxy) is 2. The predicted octanol–water partition coefficient (Wildman–Crippen LogP) is 4.48. The van der Waals surface area contributed by atoms with Gasteiger partial charge in [-0.15, -0.1) is 0 Å². The minimum absolute atomic E-state index is 0.0887. The summed E-state index contributed by atoms with van der Waals surface area (Å²) in [5.74, 6) is -0.0567. The van der Waals surface area contributed by atoms with Crippen molar-refractivity contribution in [3.8, 4) is 17.1 Å². The van der Waals surface area contributed by atoms with E-state index in [1.54, 1.807) is 18.2 Å². The Balaban J connectivity index is 1.42. The van der Waals surface area contributed by atoms with E-state index in [0.717, 1.165) is 41.2 Å². The molecule has 1 fully saturated rings. The summed E-state index contributed by atoms with van der Waals surface area (Å²) in [4.78, 5) is 27.2. The van der Waals surface area contributed by atoms with Crippen LogP contribution in [0.4, 0.5) is 5.69 Å². The number of H-pyrrole nitrogens is 1. The van der Waals surface area contributed by atoms with Gasteiger partial charge in [-0.2, -0.15) is 0 Å². The highest BCUT2D eigenvalue weighted by molar-refractivity contribution is 9.10. The molecule has 1 amide bonds. The summed E-state index contributed by atoms with van der Waals surface area (Å²) in [6.07, 6.45) is 3.32. The van der Waals surface area contributed by atoms with Crippen molar-refractivity contribution < 1.29 is 18.8 Å². The van der Waals surface area contributed by atoms with Gasteiger partial charge in [0.15, 0.2) is 5.82 Å². The fourth-order valence-electron chi connectivity index (χ4n) is 4.19. The lowest BCUT2D eigenvalue weighted by Gasteiger charge is -2.23. The highest BCUT2D eigenvalue weighted by Gasteiger charge is 2.20. The highest BCUT2D eigenvalue weighted by atomic mass is 79.9. The molecule has 1 saturated heterocycles. The Bertz CT molecular complexity index is 1400. The number of aromatic nitrogens is 3. The second kappa shape index (κ2) is 9.47. The maximum absolute atomic E-state index is 13.3. The van der Waals surface area contributed by atoms with E-state index in [1.165, 1.54) is 0 Å². The van der Waals surface area contributed by atoms with Crippen molar-refractivity contribution in [2.24, 2.45) is 7.05 Å². The van der Waals surface area contributed by atoms with Gasteiger partial charge in [-0.3, -0.25) is 14.3 Å². The molecule has 3 heterocycles. The molecular weight excluding hydrogens is 504 g/mol. The van der Waals surface area contributed by atoms with Crippen LogP contribution in [0.15, 0.2) is 56.3 Å². The zero-order valence-corrected chi connectivity index (χ0v) is 20.1. The summed E-state index contributed by atoms with van der Waals surface area (Å²) in [5.41, 5.74) is 2.29. The van der Waals surface area contributed by atoms with Crippen molar-refractivity contribution in [3.63, 3.8) is 0 Å². The standard InChI is InChI=1S/C24H23BrN4O5/c1-29-19(11-14-5-4-7-20(21(14)29)33-13-16-6-2-3-10-32-16)23(30)26-18-9-8-15(25)12-17(18)22-27-24(31)34-28-22/h4-5,7-9,11-12,16H,2-3,6,10,13H2,1H3,(H,26,30)(H,27,28,31). The van der Waals surface area contributed by atoms with E-state index >= 15 is 0 Å². The van der Waals surface area contributed by atoms with Gasteiger partial charge >= 0.3 is 5.76 Å². The Labute approximate surface area is 203 Å². The van der Waals surface area contributed by atoms with E-state index in [4.69, 9.17) is 9.47 Å². The lowest BCUT2D eigenvalue weighted by molar-refractivity contribution is -0.0108. The number of carbonyl (C=O) groups excluding carboxylic acids is 1. The monoisotopic (exact) mass is 526 g/mol. The van der Waals surface area contributed by atoms with E-state index in [2.05, 4.69) is 35.9 Å². The number of anilines is 1. The van der Waals surface area contributed by atoms with Crippen LogP contribution in [0.3, 0.4) is 0 Å². The Morgan fingerprint density at radius 1 is 1.29 bits per heavy atom. The summed E-state index contributed by atoms with van der Waals surface area (Å²) in [7, 11) is 1.83. The van der Waals surface area contributed by atoms with E-state index in [1.807, 2.05) is 35.9 Å². The number of carbonyl (C=O) groups is 1. The number of halogens is 1. The van der Waals surface area contributed by atoms with Gasteiger partial charge in [0.2, 0.25) is 0 Å². The first-order chi connectivity index (χ1) is 16.5. The quantitative estimate of drug-likeness (QED) is 0.383. The Morgan fingerprint density at radius 2 is 2.18 bits per heavy atom. The molecule has 34 heavy (non-hydrogen) atoms. The molecule has 0 saturated carbocycles. The van der Waals surface area contributed by atoms with Crippen LogP contribution in [0, 0.1) is 0 Å². The van der Waals surface area contributed by atoms with E-state index in [9.17, 15) is 9.59 Å². The number of amides is 1. The molecule has 0 spiro atoms. The van der Waals surface area contributed by atoms with Crippen molar-refractivity contribution in [1.82, 2.24) is 14.7 Å². The van der Waals surface area contributed by atoms with Crippen LogP contribution in [0.1, 0.15) is 29.8 Å². The average molecular weight is 527 g/mol. The molecule has 5 rings (SSSR count). The first-order valence-electron chi connectivity index (χ1n) is 11.0. The van der Waals surface area contributed by atoms with E-state index in [-0.39, 0.29) is 17.8 Å². The number of aromatic amines is 1. The number of nitrogens with zero attached hydrogens (tertiary/aromatic N) is 2. The van der Waals surface area contributed by atoms with Gasteiger partial charge < -0.3 is 19.4 Å². The average Bonchev–Trinajstić information content (AvgIpc) is 3.43. The number of hydrogen-bond donors (Lipinski definition) is 2. The molecule has 0 aliphatic carbocycles. The summed E-state index contributed by atoms with van der Waals surface area (Å²) in [6, 6.07) is 12.8. The molecule has 2 aromatic heterocycles. The molecule has 1 atom stereocenters. The van der Waals surface area contributed by atoms with Crippen LogP contribution < -0.4 is 15.8 Å². The second-order valence-corrected chi connectivity index (χ2v) is 9.09. The molecule has 0 bridgehead atoms. The molecule has 0 radical (unpaired) electrons. The van der Waals surface area contributed by atoms with Gasteiger partial charge in [0.25, 0.3) is 5.91 Å². The Hall–Kier alpha value is -3.37. The lowest BCUT2D eigenvalue weighted by Crippen LogP contribution is -2.25. The maximum Gasteiger partial charge on any atom is 0.439 e. The molecule has 2 N–H and O–H groups in total. The minimum Gasteiger partial charge on any atom is -0.489 e. The predicted molar refractivity (Wildman–Crippen MR) is 130 cm³/mol. The highest BCUT2D eigenvalue weighted by Crippen LogP contribution is 2.31. The zero-order valence-electron chi connectivity index (χ0n) is 18.5. The van der Waals surface area contributed by atoms with Crippen LogP contribution >= 0.6 is 15.9 Å². The number of hydrogen-bond acceptors (Lipinski definition) is 6. The number of aryl methyl sites for hydroxylation is 1. The van der Waals surface area contributed by atoms with E-state index in [0.29, 0.717) is 29.3 Å². The topological polar surface area (TPSA) is 111 Å². The van der Waals surface area contributed by atoms with Crippen molar-refractivity contribution in [2.45, 2.75) is 25.4 Å². The third kappa shape index (κ3) is 4.51. The Morgan fingerprint density at radius 3 is 2.94 bits per heavy atom. The number of rotatable bonds is 6. The number of benzene rings is 2. The van der Waals surface area contributed by atoms with Crippen LogP contribution in [-0.2, 0) is 11.8 Å². The smallest absolute Gasteiger partial charge is 0.439 e. The van der Waals surface area contributed by atoms with Gasteiger partial charge in [0.1, 0.15) is 18.1 Å². The van der Waals surface area contributed by atoms with Gasteiger partial charge in [-0.1, -0.05) is 33.2 Å². The largest absolute Gasteiger partial charge is 0.489 e. The minimum atomic E-state index is -0.674. The fraction of sp³-hybridized carbons (Fsp3) is 0.292. The molecule has 10 heteroatoms. The van der Waals surface area contributed by atoms with Gasteiger partial charge in [0, 0.05) is 29.1 Å². The first kappa shape index (κ1) is 22.4. The third-order valence-electron chi connectivity index (χ3n) is 5.88. The first-order valence-corrected chi connectivity index (χ1v) is 11.8. The van der Waals surface area contributed by atoms with Crippen LogP contribution in [0.25, 0.3) is 22.3 Å². The molecule has 1 aliphatic rings. The number of fused-ring (bicyclic) bond motifs is 1. The Kier molecular flexibility index (Phi) is 6.25.